The summed E-state index contributed by atoms with van der Waals surface area (Å²) >= 11 is 1.52. The SMILES string of the molecule is C[C@H](NC(=O)c1cccs1)[C@H]1C[C@@H]2CC[C@@H]1C2. The van der Waals surface area contributed by atoms with Crippen molar-refractivity contribution >= 4 is 17.2 Å². The van der Waals surface area contributed by atoms with Crippen molar-refractivity contribution in [2.24, 2.45) is 17.8 Å². The van der Waals surface area contributed by atoms with Crippen molar-refractivity contribution in [2.45, 2.75) is 38.6 Å². The molecule has 2 aliphatic rings. The van der Waals surface area contributed by atoms with E-state index < -0.39 is 0 Å². The fourth-order valence-corrected chi connectivity index (χ4v) is 4.33. The standard InChI is InChI=1S/C14H19NOS/c1-9(12-8-10-4-5-11(12)7-10)15-14(16)13-3-2-6-17-13/h2-3,6,9-12H,4-5,7-8H2,1H3,(H,15,16)/t9-,10+,11+,12+/m0/s1. The number of carbonyl (C=O) groups excluding carboxylic acids is 1. The number of hydrogen-bond acceptors (Lipinski definition) is 2. The van der Waals surface area contributed by atoms with Gasteiger partial charge in [-0.25, -0.2) is 0 Å². The summed E-state index contributed by atoms with van der Waals surface area (Å²) in [6.07, 6.45) is 5.54. The molecule has 92 valence electrons. The van der Waals surface area contributed by atoms with E-state index >= 15 is 0 Å². The third-order valence-electron chi connectivity index (χ3n) is 4.54. The van der Waals surface area contributed by atoms with Gasteiger partial charge in [0, 0.05) is 6.04 Å². The van der Waals surface area contributed by atoms with Gasteiger partial charge < -0.3 is 5.32 Å². The Hall–Kier alpha value is -0.830. The number of amides is 1. The molecule has 0 aliphatic heterocycles. The lowest BCUT2D eigenvalue weighted by Gasteiger charge is -2.28. The summed E-state index contributed by atoms with van der Waals surface area (Å²) in [7, 11) is 0. The van der Waals surface area contributed by atoms with E-state index in [1.54, 1.807) is 0 Å². The maximum atomic E-state index is 12.0. The highest BCUT2D eigenvalue weighted by Gasteiger charge is 2.42. The van der Waals surface area contributed by atoms with Gasteiger partial charge in [0.25, 0.3) is 5.91 Å². The van der Waals surface area contributed by atoms with Crippen LogP contribution in [0.25, 0.3) is 0 Å². The van der Waals surface area contributed by atoms with E-state index in [-0.39, 0.29) is 5.91 Å². The number of thiophene rings is 1. The Labute approximate surface area is 106 Å². The molecule has 4 atom stereocenters. The average Bonchev–Trinajstić information content (AvgIpc) is 3.05. The second-order valence-corrected chi connectivity index (χ2v) is 6.53. The Morgan fingerprint density at radius 2 is 2.35 bits per heavy atom. The molecule has 1 heterocycles. The van der Waals surface area contributed by atoms with Crippen LogP contribution in [0.5, 0.6) is 0 Å². The van der Waals surface area contributed by atoms with Gasteiger partial charge in [0.05, 0.1) is 4.88 Å². The Balaban J connectivity index is 1.60. The minimum absolute atomic E-state index is 0.107. The third-order valence-corrected chi connectivity index (χ3v) is 5.41. The maximum absolute atomic E-state index is 12.0. The van der Waals surface area contributed by atoms with Gasteiger partial charge in [-0.05, 0) is 55.4 Å². The summed E-state index contributed by atoms with van der Waals surface area (Å²) in [4.78, 5) is 12.8. The molecule has 2 nitrogen and oxygen atoms in total. The van der Waals surface area contributed by atoms with Crippen molar-refractivity contribution in [1.29, 1.82) is 0 Å². The zero-order valence-corrected chi connectivity index (χ0v) is 11.0. The van der Waals surface area contributed by atoms with Gasteiger partial charge in [-0.1, -0.05) is 12.5 Å². The first kappa shape index (κ1) is 11.3. The summed E-state index contributed by atoms with van der Waals surface area (Å²) in [5.74, 6) is 2.65. The van der Waals surface area contributed by atoms with E-state index in [9.17, 15) is 4.79 Å². The number of carbonyl (C=O) groups is 1. The number of hydrogen-bond donors (Lipinski definition) is 1. The minimum Gasteiger partial charge on any atom is -0.349 e. The van der Waals surface area contributed by atoms with E-state index in [2.05, 4.69) is 12.2 Å². The number of rotatable bonds is 3. The summed E-state index contributed by atoms with van der Waals surface area (Å²) in [6.45, 7) is 2.18. The largest absolute Gasteiger partial charge is 0.349 e. The number of fused-ring (bicyclic) bond motifs is 2. The first-order valence-corrected chi connectivity index (χ1v) is 7.46. The highest BCUT2D eigenvalue weighted by Crippen LogP contribution is 2.49. The molecule has 2 fully saturated rings. The van der Waals surface area contributed by atoms with Crippen LogP contribution in [0.15, 0.2) is 17.5 Å². The van der Waals surface area contributed by atoms with Crippen LogP contribution in [-0.2, 0) is 0 Å². The van der Waals surface area contributed by atoms with Gasteiger partial charge in [-0.2, -0.15) is 0 Å². The second-order valence-electron chi connectivity index (χ2n) is 5.58. The fourth-order valence-electron chi connectivity index (χ4n) is 3.70. The number of nitrogens with one attached hydrogen (secondary N) is 1. The molecule has 1 aromatic heterocycles. The third kappa shape index (κ3) is 2.13. The van der Waals surface area contributed by atoms with Crippen molar-refractivity contribution < 1.29 is 4.79 Å². The summed E-state index contributed by atoms with van der Waals surface area (Å²) in [5.41, 5.74) is 0. The highest BCUT2D eigenvalue weighted by atomic mass is 32.1. The van der Waals surface area contributed by atoms with Crippen LogP contribution < -0.4 is 5.32 Å². The normalized spacial score (nSPS) is 32.6. The van der Waals surface area contributed by atoms with Crippen LogP contribution >= 0.6 is 11.3 Å². The molecule has 2 bridgehead atoms. The average molecular weight is 249 g/mol. The van der Waals surface area contributed by atoms with E-state index in [1.165, 1.54) is 37.0 Å². The molecule has 2 aliphatic carbocycles. The molecule has 1 aromatic rings. The first-order chi connectivity index (χ1) is 8.24. The molecular formula is C14H19NOS. The molecule has 0 unspecified atom stereocenters. The van der Waals surface area contributed by atoms with Gasteiger partial charge in [0.1, 0.15) is 0 Å². The Morgan fingerprint density at radius 1 is 1.47 bits per heavy atom. The van der Waals surface area contributed by atoms with Gasteiger partial charge in [0.15, 0.2) is 0 Å². The zero-order chi connectivity index (χ0) is 11.8. The Morgan fingerprint density at radius 3 is 2.94 bits per heavy atom. The van der Waals surface area contributed by atoms with Crippen LogP contribution in [0.4, 0.5) is 0 Å². The van der Waals surface area contributed by atoms with Gasteiger partial charge >= 0.3 is 0 Å². The smallest absolute Gasteiger partial charge is 0.261 e. The van der Waals surface area contributed by atoms with Gasteiger partial charge in [-0.3, -0.25) is 4.79 Å². The van der Waals surface area contributed by atoms with Crippen LogP contribution in [0.2, 0.25) is 0 Å². The maximum Gasteiger partial charge on any atom is 0.261 e. The molecule has 3 rings (SSSR count). The highest BCUT2D eigenvalue weighted by molar-refractivity contribution is 7.12. The Kier molecular flexibility index (Phi) is 2.95. The predicted molar refractivity (Wildman–Crippen MR) is 70.2 cm³/mol. The van der Waals surface area contributed by atoms with Crippen LogP contribution in [0.1, 0.15) is 42.3 Å². The van der Waals surface area contributed by atoms with Crippen molar-refractivity contribution in [1.82, 2.24) is 5.32 Å². The molecule has 17 heavy (non-hydrogen) atoms. The van der Waals surface area contributed by atoms with E-state index in [0.29, 0.717) is 6.04 Å². The van der Waals surface area contributed by atoms with E-state index in [1.807, 2.05) is 17.5 Å². The Bertz CT molecular complexity index is 400. The predicted octanol–water partition coefficient (Wildman–Crippen LogP) is 3.30. The monoisotopic (exact) mass is 249 g/mol. The molecule has 0 saturated heterocycles. The quantitative estimate of drug-likeness (QED) is 0.875. The van der Waals surface area contributed by atoms with Gasteiger partial charge in [-0.15, -0.1) is 11.3 Å². The lowest BCUT2D eigenvalue weighted by molar-refractivity contribution is 0.0919. The molecular weight excluding hydrogens is 230 g/mol. The molecule has 2 saturated carbocycles. The molecule has 3 heteroatoms. The van der Waals surface area contributed by atoms with Crippen LogP contribution in [0.3, 0.4) is 0 Å². The van der Waals surface area contributed by atoms with E-state index in [4.69, 9.17) is 0 Å². The zero-order valence-electron chi connectivity index (χ0n) is 10.2. The van der Waals surface area contributed by atoms with Crippen molar-refractivity contribution in [2.75, 3.05) is 0 Å². The second kappa shape index (κ2) is 4.45. The van der Waals surface area contributed by atoms with Crippen molar-refractivity contribution in [3.63, 3.8) is 0 Å². The molecule has 1 N–H and O–H groups in total. The molecule has 0 aromatic carbocycles. The van der Waals surface area contributed by atoms with Crippen molar-refractivity contribution in [3.05, 3.63) is 22.4 Å². The van der Waals surface area contributed by atoms with Crippen LogP contribution in [0, 0.1) is 17.8 Å². The fraction of sp³-hybridized carbons (Fsp3) is 0.643. The lowest BCUT2D eigenvalue weighted by Crippen LogP contribution is -2.39. The summed E-state index contributed by atoms with van der Waals surface area (Å²) in [6, 6.07) is 4.16. The van der Waals surface area contributed by atoms with Crippen LogP contribution in [-0.4, -0.2) is 11.9 Å². The first-order valence-electron chi connectivity index (χ1n) is 6.58. The lowest BCUT2D eigenvalue weighted by atomic mass is 9.84. The summed E-state index contributed by atoms with van der Waals surface area (Å²) in [5, 5.41) is 5.14. The van der Waals surface area contributed by atoms with Gasteiger partial charge in [0.2, 0.25) is 0 Å². The molecule has 1 amide bonds. The van der Waals surface area contributed by atoms with Crippen molar-refractivity contribution in [3.8, 4) is 0 Å². The summed E-state index contributed by atoms with van der Waals surface area (Å²) < 4.78 is 0. The minimum atomic E-state index is 0.107. The van der Waals surface area contributed by atoms with E-state index in [0.717, 1.165) is 22.6 Å². The molecule has 0 spiro atoms. The topological polar surface area (TPSA) is 29.1 Å². The molecule has 0 radical (unpaired) electrons.